The third kappa shape index (κ3) is 7.54. The van der Waals surface area contributed by atoms with E-state index in [9.17, 15) is 4.57 Å². The summed E-state index contributed by atoms with van der Waals surface area (Å²) < 4.78 is 27.9. The van der Waals surface area contributed by atoms with Crippen molar-refractivity contribution in [3.05, 3.63) is 89.9 Å². The molecule has 3 heterocycles. The van der Waals surface area contributed by atoms with E-state index < -0.39 is 14.6 Å². The van der Waals surface area contributed by atoms with Gasteiger partial charge in [-0.1, -0.05) is 35.5 Å². The summed E-state index contributed by atoms with van der Waals surface area (Å²) >= 11 is 0. The van der Waals surface area contributed by atoms with Crippen molar-refractivity contribution in [2.45, 2.75) is 19.8 Å². The van der Waals surface area contributed by atoms with Crippen molar-refractivity contribution in [2.24, 2.45) is 0 Å². The number of pyridine rings is 2. The molecule has 0 atom stereocenters. The summed E-state index contributed by atoms with van der Waals surface area (Å²) in [6.07, 6.45) is 3.78. The van der Waals surface area contributed by atoms with E-state index in [0.717, 1.165) is 11.1 Å². The summed E-state index contributed by atoms with van der Waals surface area (Å²) in [4.78, 5) is 21.9. The molecule has 0 amide bonds. The Bertz CT molecular complexity index is 1260. The maximum Gasteiger partial charge on any atom is 1.00 e. The molecule has 12 heteroatoms. The second-order valence-electron chi connectivity index (χ2n) is 7.16. The van der Waals surface area contributed by atoms with Gasteiger partial charge in [0.1, 0.15) is 12.2 Å². The number of hydrogen-bond donors (Lipinski definition) is 3. The molecule has 34 heavy (non-hydrogen) atoms. The Balaban J connectivity index is 0.00000324. The van der Waals surface area contributed by atoms with Gasteiger partial charge in [-0.05, 0) is 29.3 Å². The Morgan fingerprint density at radius 1 is 1.06 bits per heavy atom. The molecule has 1 aromatic carbocycles. The molecule has 0 saturated heterocycles. The van der Waals surface area contributed by atoms with E-state index in [1.165, 1.54) is 4.57 Å². The van der Waals surface area contributed by atoms with Crippen molar-refractivity contribution in [1.82, 2.24) is 10.1 Å². The molecule has 4 N–H and O–H groups in total. The van der Waals surface area contributed by atoms with Crippen LogP contribution in [0.15, 0.2) is 77.6 Å². The largest absolute Gasteiger partial charge is 1.00 e. The second-order valence-corrected chi connectivity index (χ2v) is 8.40. The van der Waals surface area contributed by atoms with Gasteiger partial charge in [0, 0.05) is 24.8 Å². The monoisotopic (exact) mass is 508 g/mol. The first-order chi connectivity index (χ1) is 15.9. The molecule has 0 aliphatic carbocycles. The molecule has 0 unspecified atom stereocenters. The minimum atomic E-state index is -4.62. The van der Waals surface area contributed by atoms with Gasteiger partial charge >= 0.3 is 59.2 Å². The van der Waals surface area contributed by atoms with Crippen LogP contribution in [0.2, 0.25) is 0 Å². The quantitative estimate of drug-likeness (QED) is 0.160. The normalized spacial score (nSPS) is 11.1. The van der Waals surface area contributed by atoms with Gasteiger partial charge in [-0.15, -0.1) is 0 Å². The minimum absolute atomic E-state index is 0. The van der Waals surface area contributed by atoms with Crippen molar-refractivity contribution in [2.75, 3.05) is 5.73 Å². The molecule has 4 aromatic rings. The topological polar surface area (TPSA) is 145 Å². The number of rotatable bonds is 9. The van der Waals surface area contributed by atoms with E-state index in [2.05, 4.69) is 14.7 Å². The van der Waals surface area contributed by atoms with Gasteiger partial charge in [0.05, 0.1) is 11.9 Å². The minimum Gasteiger partial charge on any atom is -0.473 e. The number of benzene rings is 1. The number of ether oxygens (including phenoxy) is 1. The Kier molecular flexibility index (Phi) is 9.54. The molecular formula is C22H22KN4O6P+2. The molecule has 0 fully saturated rings. The third-order valence-corrected chi connectivity index (χ3v) is 5.19. The van der Waals surface area contributed by atoms with Gasteiger partial charge in [-0.25, -0.2) is 18.6 Å². The van der Waals surface area contributed by atoms with E-state index in [0.29, 0.717) is 35.9 Å². The van der Waals surface area contributed by atoms with Crippen LogP contribution >= 0.6 is 7.82 Å². The fourth-order valence-electron chi connectivity index (χ4n) is 3.10. The summed E-state index contributed by atoms with van der Waals surface area (Å²) in [6.45, 7) is 0.0196. The van der Waals surface area contributed by atoms with E-state index in [1.807, 2.05) is 42.5 Å². The van der Waals surface area contributed by atoms with E-state index in [1.54, 1.807) is 30.6 Å². The molecule has 0 aliphatic heterocycles. The van der Waals surface area contributed by atoms with Crippen molar-refractivity contribution >= 4 is 13.6 Å². The predicted octanol–water partition coefficient (Wildman–Crippen LogP) is -0.153. The van der Waals surface area contributed by atoms with Gasteiger partial charge in [-0.3, -0.25) is 5.73 Å². The first-order valence-corrected chi connectivity index (χ1v) is 11.5. The number of anilines is 1. The molecule has 3 aromatic heterocycles. The molecule has 10 nitrogen and oxygen atoms in total. The van der Waals surface area contributed by atoms with Crippen LogP contribution in [0, 0.1) is 0 Å². The smallest absolute Gasteiger partial charge is 0.473 e. The Labute approximate surface area is 238 Å². The molecule has 0 saturated carbocycles. The zero-order chi connectivity index (χ0) is 23.3. The van der Waals surface area contributed by atoms with E-state index in [4.69, 9.17) is 24.8 Å². The summed E-state index contributed by atoms with van der Waals surface area (Å²) in [5, 5.41) is 4.11. The molecule has 0 radical (unpaired) electrons. The van der Waals surface area contributed by atoms with Gasteiger partial charge in [0.15, 0.2) is 5.76 Å². The number of aromatic nitrogens is 3. The standard InChI is InChI=1S/C22H21N4O6P.K/c23-22-19(4-3-11-26(22)15-31-33(27,28)29)20-13-18(25-32-20)12-16-6-8-17(9-7-16)14-30-21-5-1-2-10-24-21;/h1-11,13,23H,12,14-15H2,(H2,27,28,29);/q;+1/p+1. The number of phosphoric ester groups is 1. The van der Waals surface area contributed by atoms with Crippen LogP contribution in [-0.2, 0) is 28.8 Å². The third-order valence-electron chi connectivity index (χ3n) is 4.74. The average Bonchev–Trinajstić information content (AvgIpc) is 3.26. The van der Waals surface area contributed by atoms with Gasteiger partial charge in [0.25, 0.3) is 5.82 Å². The van der Waals surface area contributed by atoms with Crippen LogP contribution in [-0.4, -0.2) is 19.9 Å². The SMILES string of the molecule is Nc1c(-c2cc(Cc3ccc(COc4ccccn4)cc3)no2)ccc[n+]1COP(=O)(O)O.[K+]. The fraction of sp³-hybridized carbons (Fsp3) is 0.136. The van der Waals surface area contributed by atoms with Crippen molar-refractivity contribution in [3.63, 3.8) is 0 Å². The number of phosphoric acid groups is 1. The summed E-state index contributed by atoms with van der Waals surface area (Å²) in [5.74, 6) is 1.24. The number of nitrogens with zero attached hydrogens (tertiary/aromatic N) is 3. The molecule has 0 bridgehead atoms. The Morgan fingerprint density at radius 2 is 1.82 bits per heavy atom. The van der Waals surface area contributed by atoms with Crippen LogP contribution in [0.3, 0.4) is 0 Å². The van der Waals surface area contributed by atoms with Crippen LogP contribution in [0.4, 0.5) is 5.82 Å². The first-order valence-electron chi connectivity index (χ1n) is 9.93. The molecule has 0 aliphatic rings. The van der Waals surface area contributed by atoms with Crippen LogP contribution < -0.4 is 66.4 Å². The van der Waals surface area contributed by atoms with Crippen molar-refractivity contribution in [3.8, 4) is 17.2 Å². The van der Waals surface area contributed by atoms with Gasteiger partial charge < -0.3 is 19.0 Å². The molecule has 0 spiro atoms. The Morgan fingerprint density at radius 3 is 2.53 bits per heavy atom. The average molecular weight is 509 g/mol. The van der Waals surface area contributed by atoms with Crippen LogP contribution in [0.25, 0.3) is 11.3 Å². The second kappa shape index (κ2) is 12.2. The van der Waals surface area contributed by atoms with Crippen LogP contribution in [0.1, 0.15) is 16.8 Å². The maximum atomic E-state index is 11.0. The number of nitrogen functional groups attached to an aromatic ring is 1. The predicted molar refractivity (Wildman–Crippen MR) is 117 cm³/mol. The summed E-state index contributed by atoms with van der Waals surface area (Å²) in [7, 11) is -4.62. The number of nitrogens with two attached hydrogens (primary N) is 1. The molecule has 4 rings (SSSR count). The Hall–Kier alpha value is -1.92. The fourth-order valence-corrected chi connectivity index (χ4v) is 3.37. The summed E-state index contributed by atoms with van der Waals surface area (Å²) in [6, 6.07) is 18.6. The molecular weight excluding hydrogens is 486 g/mol. The zero-order valence-corrected chi connectivity index (χ0v) is 22.5. The summed E-state index contributed by atoms with van der Waals surface area (Å²) in [5.41, 5.74) is 9.43. The van der Waals surface area contributed by atoms with Crippen molar-refractivity contribution < 1.29 is 84.1 Å². The van der Waals surface area contributed by atoms with Gasteiger partial charge in [-0.2, -0.15) is 0 Å². The number of hydrogen-bond acceptors (Lipinski definition) is 7. The van der Waals surface area contributed by atoms with Crippen LogP contribution in [0.5, 0.6) is 5.88 Å². The van der Waals surface area contributed by atoms with E-state index >= 15 is 0 Å². The zero-order valence-electron chi connectivity index (χ0n) is 18.4. The van der Waals surface area contributed by atoms with Gasteiger partial charge in [0.2, 0.25) is 12.6 Å². The van der Waals surface area contributed by atoms with E-state index in [-0.39, 0.29) is 57.2 Å². The van der Waals surface area contributed by atoms with Crippen molar-refractivity contribution in [1.29, 1.82) is 0 Å². The molecule has 170 valence electrons. The first kappa shape index (κ1) is 26.7. The maximum absolute atomic E-state index is 11.0.